The average molecular weight is 272 g/mol. The molecular weight excluding hydrogens is 254 g/mol. The number of amides is 1. The molecule has 0 aliphatic heterocycles. The molecule has 0 spiro atoms. The Hall–Kier alpha value is -1.10. The zero-order valence-corrected chi connectivity index (χ0v) is 11.4. The highest BCUT2D eigenvalue weighted by atomic mass is 35.5. The molecule has 5 nitrogen and oxygen atoms in total. The Kier molecular flexibility index (Phi) is 4.22. The van der Waals surface area contributed by atoms with Gasteiger partial charge >= 0.3 is 0 Å². The van der Waals surface area contributed by atoms with E-state index in [9.17, 15) is 4.79 Å². The second-order valence-corrected chi connectivity index (χ2v) is 5.51. The number of aromatic nitrogens is 2. The minimum absolute atomic E-state index is 0.0891. The van der Waals surface area contributed by atoms with E-state index in [1.165, 1.54) is 0 Å². The maximum absolute atomic E-state index is 11.5. The van der Waals surface area contributed by atoms with Crippen molar-refractivity contribution < 1.29 is 9.32 Å². The van der Waals surface area contributed by atoms with E-state index < -0.39 is 5.38 Å². The van der Waals surface area contributed by atoms with Gasteiger partial charge in [0.2, 0.25) is 11.8 Å². The predicted molar refractivity (Wildman–Crippen MR) is 67.5 cm³/mol. The van der Waals surface area contributed by atoms with Crippen LogP contribution in [-0.2, 0) is 4.79 Å². The van der Waals surface area contributed by atoms with Gasteiger partial charge in [0.25, 0.3) is 0 Å². The van der Waals surface area contributed by atoms with Gasteiger partial charge in [0.1, 0.15) is 5.38 Å². The summed E-state index contributed by atoms with van der Waals surface area (Å²) in [6.07, 6.45) is 3.79. The Morgan fingerprint density at radius 1 is 1.44 bits per heavy atom. The van der Waals surface area contributed by atoms with E-state index in [1.807, 2.05) is 6.92 Å². The molecule has 0 radical (unpaired) electrons. The second-order valence-electron chi connectivity index (χ2n) is 4.85. The topological polar surface area (TPSA) is 68.0 Å². The molecule has 1 heterocycles. The van der Waals surface area contributed by atoms with Gasteiger partial charge in [-0.15, -0.1) is 11.6 Å². The summed E-state index contributed by atoms with van der Waals surface area (Å²) in [7, 11) is 0. The molecule has 1 atom stereocenters. The van der Waals surface area contributed by atoms with Gasteiger partial charge in [0.05, 0.1) is 0 Å². The molecule has 1 aromatic heterocycles. The monoisotopic (exact) mass is 271 g/mol. The summed E-state index contributed by atoms with van der Waals surface area (Å²) < 4.78 is 5.19. The third kappa shape index (κ3) is 3.22. The molecule has 0 aromatic carbocycles. The summed E-state index contributed by atoms with van der Waals surface area (Å²) in [4.78, 5) is 15.7. The number of nitrogens with one attached hydrogen (secondary N) is 1. The molecule has 1 N–H and O–H groups in total. The number of nitrogens with zero attached hydrogens (tertiary/aromatic N) is 2. The normalized spacial score (nSPS) is 25.7. The number of halogens is 1. The van der Waals surface area contributed by atoms with E-state index in [2.05, 4.69) is 15.5 Å². The molecule has 2 rings (SSSR count). The Morgan fingerprint density at radius 3 is 2.61 bits per heavy atom. The fourth-order valence-electron chi connectivity index (χ4n) is 2.28. The fourth-order valence-corrected chi connectivity index (χ4v) is 2.34. The standard InChI is InChI=1S/C12H18ClN3O2/c1-7(13)11(17)15-10-5-3-9(4-6-10)12-14-8(2)16-18-12/h7,9-10H,3-6H2,1-2H3,(H,15,17). The average Bonchev–Trinajstić information content (AvgIpc) is 2.76. The number of rotatable bonds is 3. The second kappa shape index (κ2) is 5.69. The van der Waals surface area contributed by atoms with Crippen LogP contribution in [0.2, 0.25) is 0 Å². The highest BCUT2D eigenvalue weighted by Gasteiger charge is 2.27. The number of carbonyl (C=O) groups excluding carboxylic acids is 1. The third-order valence-electron chi connectivity index (χ3n) is 3.33. The molecule has 1 fully saturated rings. The lowest BCUT2D eigenvalue weighted by molar-refractivity contribution is -0.121. The molecule has 18 heavy (non-hydrogen) atoms. The number of hydrogen-bond donors (Lipinski definition) is 1. The van der Waals surface area contributed by atoms with Crippen molar-refractivity contribution >= 4 is 17.5 Å². The molecule has 0 bridgehead atoms. The van der Waals surface area contributed by atoms with Crippen LogP contribution in [0.1, 0.15) is 50.2 Å². The lowest BCUT2D eigenvalue weighted by atomic mass is 9.86. The van der Waals surface area contributed by atoms with Crippen molar-refractivity contribution in [3.63, 3.8) is 0 Å². The molecular formula is C12H18ClN3O2. The van der Waals surface area contributed by atoms with Crippen molar-refractivity contribution in [2.24, 2.45) is 0 Å². The van der Waals surface area contributed by atoms with Gasteiger partial charge in [0.15, 0.2) is 5.82 Å². The Morgan fingerprint density at radius 2 is 2.11 bits per heavy atom. The number of aryl methyl sites for hydroxylation is 1. The van der Waals surface area contributed by atoms with Crippen LogP contribution in [0.5, 0.6) is 0 Å². The summed E-state index contributed by atoms with van der Waals surface area (Å²) >= 11 is 5.73. The third-order valence-corrected chi connectivity index (χ3v) is 3.53. The van der Waals surface area contributed by atoms with Crippen molar-refractivity contribution in [1.82, 2.24) is 15.5 Å². The minimum atomic E-state index is -0.471. The molecule has 1 aromatic rings. The lowest BCUT2D eigenvalue weighted by Crippen LogP contribution is -2.40. The highest BCUT2D eigenvalue weighted by Crippen LogP contribution is 2.31. The van der Waals surface area contributed by atoms with Crippen molar-refractivity contribution in [3.05, 3.63) is 11.7 Å². The summed E-state index contributed by atoms with van der Waals surface area (Å²) in [5.74, 6) is 1.64. The molecule has 0 saturated heterocycles. The minimum Gasteiger partial charge on any atom is -0.352 e. The molecule has 1 amide bonds. The molecule has 6 heteroatoms. The van der Waals surface area contributed by atoms with Crippen LogP contribution in [0, 0.1) is 6.92 Å². The molecule has 100 valence electrons. The highest BCUT2D eigenvalue weighted by molar-refractivity contribution is 6.30. The van der Waals surface area contributed by atoms with Crippen molar-refractivity contribution in [2.45, 2.75) is 56.9 Å². The maximum atomic E-state index is 11.5. The summed E-state index contributed by atoms with van der Waals surface area (Å²) in [5, 5.41) is 6.30. The molecule has 1 saturated carbocycles. The van der Waals surface area contributed by atoms with E-state index >= 15 is 0 Å². The van der Waals surface area contributed by atoms with Crippen LogP contribution in [-0.4, -0.2) is 27.5 Å². The van der Waals surface area contributed by atoms with Crippen LogP contribution in [0.25, 0.3) is 0 Å². The first-order chi connectivity index (χ1) is 8.56. The van der Waals surface area contributed by atoms with Crippen LogP contribution in [0.15, 0.2) is 4.52 Å². The quantitative estimate of drug-likeness (QED) is 0.856. The van der Waals surface area contributed by atoms with E-state index in [4.69, 9.17) is 16.1 Å². The van der Waals surface area contributed by atoms with Crippen LogP contribution < -0.4 is 5.32 Å². The van der Waals surface area contributed by atoms with Gasteiger partial charge in [-0.1, -0.05) is 5.16 Å². The summed E-state index contributed by atoms with van der Waals surface area (Å²) in [6.45, 7) is 3.50. The summed E-state index contributed by atoms with van der Waals surface area (Å²) in [5.41, 5.74) is 0. The Bertz CT molecular complexity index is 411. The molecule has 1 unspecified atom stereocenters. The predicted octanol–water partition coefficient (Wildman–Crippen LogP) is 2.15. The summed E-state index contributed by atoms with van der Waals surface area (Å²) in [6, 6.07) is 0.221. The number of hydrogen-bond acceptors (Lipinski definition) is 4. The van der Waals surface area contributed by atoms with Gasteiger partial charge in [0, 0.05) is 12.0 Å². The van der Waals surface area contributed by atoms with Crippen LogP contribution in [0.3, 0.4) is 0 Å². The number of alkyl halides is 1. The first-order valence-electron chi connectivity index (χ1n) is 6.31. The number of carbonyl (C=O) groups is 1. The Balaban J connectivity index is 1.83. The van der Waals surface area contributed by atoms with E-state index in [0.29, 0.717) is 11.7 Å². The zero-order chi connectivity index (χ0) is 13.1. The van der Waals surface area contributed by atoms with Crippen molar-refractivity contribution in [1.29, 1.82) is 0 Å². The van der Waals surface area contributed by atoms with Crippen LogP contribution in [0.4, 0.5) is 0 Å². The lowest BCUT2D eigenvalue weighted by Gasteiger charge is -2.27. The molecule has 1 aliphatic carbocycles. The van der Waals surface area contributed by atoms with Crippen molar-refractivity contribution in [3.8, 4) is 0 Å². The molecule has 1 aliphatic rings. The first-order valence-corrected chi connectivity index (χ1v) is 6.74. The zero-order valence-electron chi connectivity index (χ0n) is 10.6. The Labute approximate surface area is 111 Å². The van der Waals surface area contributed by atoms with Gasteiger partial charge in [-0.2, -0.15) is 4.98 Å². The maximum Gasteiger partial charge on any atom is 0.237 e. The van der Waals surface area contributed by atoms with Gasteiger partial charge in [-0.3, -0.25) is 4.79 Å². The smallest absolute Gasteiger partial charge is 0.237 e. The van der Waals surface area contributed by atoms with Crippen LogP contribution >= 0.6 is 11.6 Å². The first kappa shape index (κ1) is 13.3. The van der Waals surface area contributed by atoms with Gasteiger partial charge in [-0.25, -0.2) is 0 Å². The SMILES string of the molecule is Cc1noc(C2CCC(NC(=O)C(C)Cl)CC2)n1. The fraction of sp³-hybridized carbons (Fsp3) is 0.750. The largest absolute Gasteiger partial charge is 0.352 e. The van der Waals surface area contributed by atoms with E-state index in [1.54, 1.807) is 6.92 Å². The van der Waals surface area contributed by atoms with Gasteiger partial charge in [-0.05, 0) is 39.5 Å². The van der Waals surface area contributed by atoms with E-state index in [-0.39, 0.29) is 11.9 Å². The van der Waals surface area contributed by atoms with E-state index in [0.717, 1.165) is 31.6 Å². The van der Waals surface area contributed by atoms with Crippen molar-refractivity contribution in [2.75, 3.05) is 0 Å². The van der Waals surface area contributed by atoms with Gasteiger partial charge < -0.3 is 9.84 Å².